The standard InChI is InChI=1S/C22H23N3O4S/c1-28-20-12-11-17(10-7-13-23)14-22(20,29-2)19-15-24-21(30(3,26)27)25(19)16-18-8-5-4-6-9-18/h4-12,15H,14,16H2,1-3H3. The van der Waals surface area contributed by atoms with E-state index in [1.165, 1.54) is 12.3 Å². The molecule has 0 saturated heterocycles. The van der Waals surface area contributed by atoms with Gasteiger partial charge in [0.25, 0.3) is 0 Å². The van der Waals surface area contributed by atoms with Gasteiger partial charge in [0, 0.05) is 25.9 Å². The SMILES string of the molecule is COC1=CC=C(C=CC#N)CC1(OC)c1cnc(S(C)(=O)=O)n1Cc1ccccc1. The van der Waals surface area contributed by atoms with Crippen molar-refractivity contribution in [2.24, 2.45) is 0 Å². The summed E-state index contributed by atoms with van der Waals surface area (Å²) in [5.41, 5.74) is 1.22. The molecule has 1 aliphatic carbocycles. The van der Waals surface area contributed by atoms with E-state index in [1.54, 1.807) is 30.9 Å². The highest BCUT2D eigenvalue weighted by atomic mass is 32.2. The average Bonchev–Trinajstić information content (AvgIpc) is 3.17. The van der Waals surface area contributed by atoms with Crippen LogP contribution in [0.2, 0.25) is 0 Å². The van der Waals surface area contributed by atoms with Crippen LogP contribution in [0.4, 0.5) is 0 Å². The maximum Gasteiger partial charge on any atom is 0.227 e. The van der Waals surface area contributed by atoms with Crippen molar-refractivity contribution in [2.75, 3.05) is 20.5 Å². The lowest BCUT2D eigenvalue weighted by Gasteiger charge is -2.36. The zero-order chi connectivity index (χ0) is 21.8. The number of sulfone groups is 1. The molecule has 2 aromatic rings. The molecule has 1 atom stereocenters. The number of rotatable bonds is 7. The monoisotopic (exact) mass is 425 g/mol. The molecule has 0 N–H and O–H groups in total. The van der Waals surface area contributed by atoms with Crippen molar-refractivity contribution >= 4 is 9.84 Å². The first-order chi connectivity index (χ1) is 14.4. The van der Waals surface area contributed by atoms with Crippen LogP contribution < -0.4 is 0 Å². The van der Waals surface area contributed by atoms with Crippen LogP contribution in [0.5, 0.6) is 0 Å². The van der Waals surface area contributed by atoms with E-state index in [4.69, 9.17) is 14.7 Å². The minimum atomic E-state index is -3.59. The van der Waals surface area contributed by atoms with Crippen LogP contribution in [0.25, 0.3) is 0 Å². The molecule has 0 amide bonds. The molecule has 0 radical (unpaired) electrons. The van der Waals surface area contributed by atoms with E-state index in [-0.39, 0.29) is 5.16 Å². The molecule has 0 aliphatic heterocycles. The lowest BCUT2D eigenvalue weighted by Crippen LogP contribution is -2.36. The van der Waals surface area contributed by atoms with Crippen molar-refractivity contribution in [2.45, 2.75) is 23.7 Å². The zero-order valence-corrected chi connectivity index (χ0v) is 17.9. The lowest BCUT2D eigenvalue weighted by molar-refractivity contribution is -0.0302. The van der Waals surface area contributed by atoms with Gasteiger partial charge in [0.2, 0.25) is 15.0 Å². The van der Waals surface area contributed by atoms with Crippen LogP contribution in [0.15, 0.2) is 77.3 Å². The predicted octanol–water partition coefficient (Wildman–Crippen LogP) is 3.12. The Kier molecular flexibility index (Phi) is 6.25. The number of allylic oxidation sites excluding steroid dienone is 4. The second-order valence-electron chi connectivity index (χ2n) is 6.92. The van der Waals surface area contributed by atoms with Crippen LogP contribution in [-0.4, -0.2) is 38.4 Å². The summed E-state index contributed by atoms with van der Waals surface area (Å²) in [7, 11) is -0.508. The largest absolute Gasteiger partial charge is 0.498 e. The second kappa shape index (κ2) is 8.69. The highest BCUT2D eigenvalue weighted by molar-refractivity contribution is 7.90. The molecule has 0 bridgehead atoms. The average molecular weight is 426 g/mol. The molecular formula is C22H23N3O4S. The van der Waals surface area contributed by atoms with E-state index >= 15 is 0 Å². The number of hydrogen-bond acceptors (Lipinski definition) is 6. The van der Waals surface area contributed by atoms with Crippen LogP contribution in [0, 0.1) is 11.3 Å². The van der Waals surface area contributed by atoms with Crippen LogP contribution >= 0.6 is 0 Å². The molecule has 1 aromatic heterocycles. The van der Waals surface area contributed by atoms with Gasteiger partial charge in [-0.15, -0.1) is 0 Å². The summed E-state index contributed by atoms with van der Waals surface area (Å²) in [5, 5.41) is 8.84. The van der Waals surface area contributed by atoms with E-state index in [2.05, 4.69) is 4.98 Å². The number of benzene rings is 1. The fourth-order valence-corrected chi connectivity index (χ4v) is 4.44. The summed E-state index contributed by atoms with van der Waals surface area (Å²) < 4.78 is 38.2. The van der Waals surface area contributed by atoms with Crippen molar-refractivity contribution in [3.05, 3.63) is 83.4 Å². The van der Waals surface area contributed by atoms with Crippen molar-refractivity contribution in [1.82, 2.24) is 9.55 Å². The third kappa shape index (κ3) is 4.08. The maximum atomic E-state index is 12.5. The van der Waals surface area contributed by atoms with Crippen LogP contribution in [-0.2, 0) is 31.5 Å². The number of nitrogens with zero attached hydrogens (tertiary/aromatic N) is 3. The van der Waals surface area contributed by atoms with Gasteiger partial charge in [-0.1, -0.05) is 36.4 Å². The molecule has 0 saturated carbocycles. The summed E-state index contributed by atoms with van der Waals surface area (Å²) in [5.74, 6) is 0.522. The van der Waals surface area contributed by atoms with Crippen molar-refractivity contribution < 1.29 is 17.9 Å². The van der Waals surface area contributed by atoms with E-state index in [1.807, 2.05) is 42.5 Å². The minimum absolute atomic E-state index is 0.0445. The van der Waals surface area contributed by atoms with Crippen LogP contribution in [0.3, 0.4) is 0 Å². The van der Waals surface area contributed by atoms with Gasteiger partial charge in [0.1, 0.15) is 5.76 Å². The Balaban J connectivity index is 2.20. The zero-order valence-electron chi connectivity index (χ0n) is 17.1. The van der Waals surface area contributed by atoms with Gasteiger partial charge in [-0.2, -0.15) is 5.26 Å². The Bertz CT molecular complexity index is 1150. The molecule has 0 fully saturated rings. The van der Waals surface area contributed by atoms with E-state index < -0.39 is 15.4 Å². The minimum Gasteiger partial charge on any atom is -0.498 e. The second-order valence-corrected chi connectivity index (χ2v) is 8.83. The molecule has 1 aromatic carbocycles. The van der Waals surface area contributed by atoms with Gasteiger partial charge in [0.15, 0.2) is 5.60 Å². The number of aromatic nitrogens is 2. The van der Waals surface area contributed by atoms with Crippen molar-refractivity contribution in [3.8, 4) is 6.07 Å². The molecule has 1 aliphatic rings. The number of ether oxygens (including phenoxy) is 2. The molecule has 30 heavy (non-hydrogen) atoms. The molecule has 1 unspecified atom stereocenters. The quantitative estimate of drug-likeness (QED) is 0.633. The molecule has 1 heterocycles. The Hall–Kier alpha value is -3.15. The summed E-state index contributed by atoms with van der Waals surface area (Å²) in [6.45, 7) is 0.299. The Morgan fingerprint density at radius 1 is 1.27 bits per heavy atom. The molecule has 3 rings (SSSR count). The first kappa shape index (κ1) is 21.6. The highest BCUT2D eigenvalue weighted by Gasteiger charge is 2.44. The Morgan fingerprint density at radius 3 is 2.60 bits per heavy atom. The van der Waals surface area contributed by atoms with Gasteiger partial charge in [-0.3, -0.25) is 0 Å². The Labute approximate surface area is 176 Å². The van der Waals surface area contributed by atoms with Crippen LogP contribution in [0.1, 0.15) is 17.7 Å². The van der Waals surface area contributed by atoms with Gasteiger partial charge in [-0.05, 0) is 23.3 Å². The fraction of sp³-hybridized carbons (Fsp3) is 0.273. The number of methoxy groups -OCH3 is 2. The first-order valence-corrected chi connectivity index (χ1v) is 11.1. The van der Waals surface area contributed by atoms with Gasteiger partial charge >= 0.3 is 0 Å². The molecule has 0 spiro atoms. The van der Waals surface area contributed by atoms with Crippen molar-refractivity contribution in [1.29, 1.82) is 5.26 Å². The molecule has 8 heteroatoms. The van der Waals surface area contributed by atoms with E-state index in [0.29, 0.717) is 24.4 Å². The summed E-state index contributed by atoms with van der Waals surface area (Å²) in [4.78, 5) is 4.23. The lowest BCUT2D eigenvalue weighted by atomic mass is 9.84. The Morgan fingerprint density at radius 2 is 2.00 bits per heavy atom. The smallest absolute Gasteiger partial charge is 0.227 e. The third-order valence-electron chi connectivity index (χ3n) is 4.99. The highest BCUT2D eigenvalue weighted by Crippen LogP contribution is 2.43. The third-order valence-corrected chi connectivity index (χ3v) is 5.98. The molecule has 156 valence electrons. The molecular weight excluding hydrogens is 402 g/mol. The maximum absolute atomic E-state index is 12.5. The summed E-state index contributed by atoms with van der Waals surface area (Å²) in [6.07, 6.45) is 9.71. The fourth-order valence-electron chi connectivity index (χ4n) is 3.63. The summed E-state index contributed by atoms with van der Waals surface area (Å²) in [6, 6.07) is 11.5. The van der Waals surface area contributed by atoms with Gasteiger partial charge < -0.3 is 14.0 Å². The number of nitriles is 1. The van der Waals surface area contributed by atoms with E-state index in [0.717, 1.165) is 17.4 Å². The normalized spacial score (nSPS) is 19.3. The number of hydrogen-bond donors (Lipinski definition) is 0. The summed E-state index contributed by atoms with van der Waals surface area (Å²) >= 11 is 0. The van der Waals surface area contributed by atoms with Crippen molar-refractivity contribution in [3.63, 3.8) is 0 Å². The predicted molar refractivity (Wildman–Crippen MR) is 112 cm³/mol. The van der Waals surface area contributed by atoms with Gasteiger partial charge in [-0.25, -0.2) is 13.4 Å². The van der Waals surface area contributed by atoms with Gasteiger partial charge in [0.05, 0.1) is 31.6 Å². The van der Waals surface area contributed by atoms with E-state index in [9.17, 15) is 8.42 Å². The number of imidazole rings is 1. The topological polar surface area (TPSA) is 94.2 Å². The first-order valence-electron chi connectivity index (χ1n) is 9.22. The molecule has 7 nitrogen and oxygen atoms in total.